The van der Waals surface area contributed by atoms with Crippen LogP contribution in [-0.2, 0) is 21.2 Å². The van der Waals surface area contributed by atoms with Gasteiger partial charge in [0.15, 0.2) is 0 Å². The first-order valence-corrected chi connectivity index (χ1v) is 9.54. The minimum atomic E-state index is -3.70. The van der Waals surface area contributed by atoms with Gasteiger partial charge in [-0.25, -0.2) is 8.42 Å². The first kappa shape index (κ1) is 20.2. The molecule has 2 aromatic carbocycles. The summed E-state index contributed by atoms with van der Waals surface area (Å²) in [7, 11) is -2.28. The molecular formula is C18H22ClN3O3S. The molecular weight excluding hydrogens is 374 g/mol. The van der Waals surface area contributed by atoms with Crippen molar-refractivity contribution in [2.45, 2.75) is 17.7 Å². The third-order valence-corrected chi connectivity index (χ3v) is 6.21. The number of halogens is 1. The summed E-state index contributed by atoms with van der Waals surface area (Å²) in [5.41, 5.74) is 8.41. The second kappa shape index (κ2) is 8.07. The van der Waals surface area contributed by atoms with E-state index in [1.165, 1.54) is 19.2 Å². The number of rotatable bonds is 4. The molecule has 1 aliphatic heterocycles. The Balaban J connectivity index is 0.00000243. The van der Waals surface area contributed by atoms with Gasteiger partial charge in [0, 0.05) is 25.0 Å². The zero-order chi connectivity index (χ0) is 18.0. The number of hydrogen-bond donors (Lipinski definition) is 1. The lowest BCUT2D eigenvalue weighted by Gasteiger charge is -2.31. The third kappa shape index (κ3) is 3.85. The second-order valence-corrected chi connectivity index (χ2v) is 8.11. The highest BCUT2D eigenvalue weighted by atomic mass is 35.5. The number of likely N-dealkylation sites (N-methyl/N-ethyl adjacent to an activating group) is 1. The Morgan fingerprint density at radius 3 is 2.54 bits per heavy atom. The molecule has 1 amide bonds. The fourth-order valence-electron chi connectivity index (χ4n) is 3.04. The summed E-state index contributed by atoms with van der Waals surface area (Å²) in [6.45, 7) is 0.347. The topological polar surface area (TPSA) is 83.7 Å². The highest BCUT2D eigenvalue weighted by Gasteiger charge is 2.28. The molecule has 2 aromatic rings. The van der Waals surface area contributed by atoms with E-state index in [-0.39, 0.29) is 29.8 Å². The molecule has 0 aliphatic carbocycles. The van der Waals surface area contributed by atoms with Gasteiger partial charge in [-0.15, -0.1) is 12.4 Å². The number of fused-ring (bicyclic) bond motifs is 1. The van der Waals surface area contributed by atoms with Crippen LogP contribution in [0.2, 0.25) is 0 Å². The minimum absolute atomic E-state index is 0. The Kier molecular flexibility index (Phi) is 6.28. The zero-order valence-electron chi connectivity index (χ0n) is 14.5. The Hall–Kier alpha value is -2.09. The van der Waals surface area contributed by atoms with E-state index in [0.717, 1.165) is 28.4 Å². The molecule has 8 heteroatoms. The molecule has 2 N–H and O–H groups in total. The number of carbonyl (C=O) groups excluding carboxylic acids is 1. The van der Waals surface area contributed by atoms with Crippen LogP contribution < -0.4 is 10.6 Å². The van der Waals surface area contributed by atoms with Gasteiger partial charge in [0.25, 0.3) is 0 Å². The van der Waals surface area contributed by atoms with Gasteiger partial charge in [0.05, 0.1) is 11.4 Å². The first-order valence-electron chi connectivity index (χ1n) is 8.10. The van der Waals surface area contributed by atoms with Crippen molar-refractivity contribution in [1.82, 2.24) is 4.31 Å². The van der Waals surface area contributed by atoms with Gasteiger partial charge >= 0.3 is 0 Å². The molecule has 0 radical (unpaired) electrons. The fourth-order valence-corrected chi connectivity index (χ4v) is 4.19. The second-order valence-electron chi connectivity index (χ2n) is 6.07. The van der Waals surface area contributed by atoms with E-state index in [1.54, 1.807) is 23.1 Å². The van der Waals surface area contributed by atoms with Gasteiger partial charge in [-0.05, 0) is 42.7 Å². The van der Waals surface area contributed by atoms with Crippen LogP contribution in [0, 0.1) is 0 Å². The Morgan fingerprint density at radius 1 is 1.15 bits per heavy atom. The number of hydrogen-bond acceptors (Lipinski definition) is 4. The summed E-state index contributed by atoms with van der Waals surface area (Å²) in [5.74, 6) is -0.256. The highest BCUT2D eigenvalue weighted by Crippen LogP contribution is 2.31. The van der Waals surface area contributed by atoms with Gasteiger partial charge in [-0.2, -0.15) is 4.31 Å². The van der Waals surface area contributed by atoms with Crippen LogP contribution in [0.4, 0.5) is 11.4 Å². The Bertz CT molecular complexity index is 888. The lowest BCUT2D eigenvalue weighted by atomic mass is 10.00. The molecule has 0 aromatic heterocycles. The molecule has 0 spiro atoms. The van der Waals surface area contributed by atoms with Crippen molar-refractivity contribution in [1.29, 1.82) is 0 Å². The summed E-state index contributed by atoms with van der Waals surface area (Å²) < 4.78 is 26.3. The maximum atomic E-state index is 12.7. The molecule has 6 nitrogen and oxygen atoms in total. The van der Waals surface area contributed by atoms with Crippen molar-refractivity contribution in [3.63, 3.8) is 0 Å². The SMILES string of the molecule is CN(CC(=O)N1CCCc2c(N)cccc21)S(=O)(=O)c1ccccc1.Cl. The molecule has 0 unspecified atom stereocenters. The van der Waals surface area contributed by atoms with Crippen molar-refractivity contribution < 1.29 is 13.2 Å². The van der Waals surface area contributed by atoms with E-state index in [0.29, 0.717) is 12.2 Å². The van der Waals surface area contributed by atoms with E-state index in [2.05, 4.69) is 0 Å². The number of benzene rings is 2. The number of carbonyl (C=O) groups is 1. The molecule has 140 valence electrons. The zero-order valence-corrected chi connectivity index (χ0v) is 16.1. The van der Waals surface area contributed by atoms with Crippen molar-refractivity contribution >= 4 is 39.7 Å². The summed E-state index contributed by atoms with van der Waals surface area (Å²) in [4.78, 5) is 14.5. The normalized spacial score (nSPS) is 13.8. The molecule has 0 saturated heterocycles. The molecule has 0 bridgehead atoms. The monoisotopic (exact) mass is 395 g/mol. The molecule has 0 fully saturated rings. The van der Waals surface area contributed by atoms with Crippen LogP contribution >= 0.6 is 12.4 Å². The quantitative estimate of drug-likeness (QED) is 0.805. The van der Waals surface area contributed by atoms with Crippen LogP contribution in [0.15, 0.2) is 53.4 Å². The van der Waals surface area contributed by atoms with Gasteiger partial charge in [-0.1, -0.05) is 24.3 Å². The highest BCUT2D eigenvalue weighted by molar-refractivity contribution is 7.89. The van der Waals surface area contributed by atoms with Crippen LogP contribution in [0.5, 0.6) is 0 Å². The maximum absolute atomic E-state index is 12.7. The predicted molar refractivity (Wildman–Crippen MR) is 105 cm³/mol. The summed E-state index contributed by atoms with van der Waals surface area (Å²) in [5, 5.41) is 0. The fraction of sp³-hybridized carbons (Fsp3) is 0.278. The number of nitrogens with two attached hydrogens (primary N) is 1. The number of amides is 1. The van der Waals surface area contributed by atoms with Gasteiger partial charge < -0.3 is 10.6 Å². The van der Waals surface area contributed by atoms with Crippen molar-refractivity contribution in [3.05, 3.63) is 54.1 Å². The molecule has 26 heavy (non-hydrogen) atoms. The van der Waals surface area contributed by atoms with Crippen LogP contribution in [0.25, 0.3) is 0 Å². The summed E-state index contributed by atoms with van der Waals surface area (Å²) in [6.07, 6.45) is 1.63. The number of nitrogens with zero attached hydrogens (tertiary/aromatic N) is 2. The number of nitrogen functional groups attached to an aromatic ring is 1. The average Bonchev–Trinajstić information content (AvgIpc) is 2.62. The standard InChI is InChI=1S/C18H21N3O3S.ClH/c1-20(25(23,24)14-7-3-2-4-8-14)13-18(22)21-12-6-9-15-16(19)10-5-11-17(15)21;/h2-5,7-8,10-11H,6,9,12-13,19H2,1H3;1H. The Morgan fingerprint density at radius 2 is 1.85 bits per heavy atom. The molecule has 0 atom stereocenters. The van der Waals surface area contributed by atoms with Crippen LogP contribution in [0.3, 0.4) is 0 Å². The van der Waals surface area contributed by atoms with Gasteiger partial charge in [-0.3, -0.25) is 4.79 Å². The Labute approximate surface area is 160 Å². The summed E-state index contributed by atoms with van der Waals surface area (Å²) >= 11 is 0. The maximum Gasteiger partial charge on any atom is 0.243 e. The predicted octanol–water partition coefficient (Wildman–Crippen LogP) is 2.29. The van der Waals surface area contributed by atoms with E-state index >= 15 is 0 Å². The van der Waals surface area contributed by atoms with E-state index in [4.69, 9.17) is 5.73 Å². The molecule has 0 saturated carbocycles. The molecule has 1 heterocycles. The van der Waals surface area contributed by atoms with Crippen molar-refractivity contribution in [2.24, 2.45) is 0 Å². The van der Waals surface area contributed by atoms with Crippen LogP contribution in [-0.4, -0.2) is 38.8 Å². The smallest absolute Gasteiger partial charge is 0.243 e. The van der Waals surface area contributed by atoms with E-state index in [9.17, 15) is 13.2 Å². The van der Waals surface area contributed by atoms with E-state index in [1.807, 2.05) is 18.2 Å². The molecule has 1 aliphatic rings. The third-order valence-electron chi connectivity index (χ3n) is 4.40. The first-order chi connectivity index (χ1) is 11.9. The minimum Gasteiger partial charge on any atom is -0.398 e. The number of anilines is 2. The summed E-state index contributed by atoms with van der Waals surface area (Å²) in [6, 6.07) is 13.6. The lowest BCUT2D eigenvalue weighted by Crippen LogP contribution is -2.43. The lowest BCUT2D eigenvalue weighted by molar-refractivity contribution is -0.118. The van der Waals surface area contributed by atoms with Crippen LogP contribution in [0.1, 0.15) is 12.0 Å². The largest absolute Gasteiger partial charge is 0.398 e. The van der Waals surface area contributed by atoms with Crippen molar-refractivity contribution in [3.8, 4) is 0 Å². The van der Waals surface area contributed by atoms with Crippen molar-refractivity contribution in [2.75, 3.05) is 30.8 Å². The average molecular weight is 396 g/mol. The van der Waals surface area contributed by atoms with E-state index < -0.39 is 10.0 Å². The molecule has 3 rings (SSSR count). The van der Waals surface area contributed by atoms with Gasteiger partial charge in [0.1, 0.15) is 0 Å². The number of sulfonamides is 1. The van der Waals surface area contributed by atoms with Gasteiger partial charge in [0.2, 0.25) is 15.9 Å².